The molecule has 4 nitrogen and oxygen atoms in total. The van der Waals surface area contributed by atoms with Gasteiger partial charge in [0.25, 0.3) is 0 Å². The predicted octanol–water partition coefficient (Wildman–Crippen LogP) is 4.20. The van der Waals surface area contributed by atoms with Gasteiger partial charge in [-0.1, -0.05) is 33.3 Å². The summed E-state index contributed by atoms with van der Waals surface area (Å²) in [7, 11) is -2.14. The van der Waals surface area contributed by atoms with Crippen LogP contribution < -0.4 is 0 Å². The predicted molar refractivity (Wildman–Crippen MR) is 88.5 cm³/mol. The first-order valence-corrected chi connectivity index (χ1v) is 10.6. The minimum absolute atomic E-state index is 0.322. The van der Waals surface area contributed by atoms with Crippen LogP contribution in [0.1, 0.15) is 52.9 Å². The van der Waals surface area contributed by atoms with E-state index < -0.39 is 8.56 Å². The first kappa shape index (κ1) is 20.3. The fourth-order valence-electron chi connectivity index (χ4n) is 1.73. The lowest BCUT2D eigenvalue weighted by Gasteiger charge is -2.27. The van der Waals surface area contributed by atoms with Crippen molar-refractivity contribution in [2.75, 3.05) is 19.8 Å². The van der Waals surface area contributed by atoms with Crippen molar-refractivity contribution in [1.82, 2.24) is 0 Å². The van der Waals surface area contributed by atoms with E-state index in [4.69, 9.17) is 13.6 Å². The molecule has 0 bridgehead atoms. The van der Waals surface area contributed by atoms with Gasteiger partial charge in [0.1, 0.15) is 0 Å². The number of esters is 1. The van der Waals surface area contributed by atoms with Crippen LogP contribution in [0.4, 0.5) is 0 Å². The molecule has 21 heavy (non-hydrogen) atoms. The molecule has 0 heterocycles. The van der Waals surface area contributed by atoms with E-state index >= 15 is 0 Å². The molecule has 0 aliphatic carbocycles. The van der Waals surface area contributed by atoms with E-state index in [0.29, 0.717) is 12.2 Å². The molecule has 0 radical (unpaired) electrons. The highest BCUT2D eigenvalue weighted by Crippen LogP contribution is 2.17. The number of hydrogen-bond donors (Lipinski definition) is 0. The number of hydrogen-bond acceptors (Lipinski definition) is 4. The molecule has 0 aromatic rings. The minimum atomic E-state index is -2.14. The molecule has 0 fully saturated rings. The number of carbonyl (C=O) groups is 1. The zero-order chi connectivity index (χ0) is 16.1. The van der Waals surface area contributed by atoms with Crippen LogP contribution >= 0.6 is 0 Å². The van der Waals surface area contributed by atoms with Crippen LogP contribution in [0.5, 0.6) is 0 Å². The van der Waals surface area contributed by atoms with E-state index in [1.165, 1.54) is 0 Å². The van der Waals surface area contributed by atoms with Crippen LogP contribution in [0.25, 0.3) is 0 Å². The Morgan fingerprint density at radius 1 is 1.00 bits per heavy atom. The van der Waals surface area contributed by atoms with Crippen molar-refractivity contribution in [1.29, 1.82) is 0 Å². The van der Waals surface area contributed by atoms with Crippen molar-refractivity contribution in [2.45, 2.75) is 65.5 Å². The number of unbranched alkanes of at least 4 members (excludes halogenated alkanes) is 2. The lowest BCUT2D eigenvalue weighted by molar-refractivity contribution is -0.138. The van der Waals surface area contributed by atoms with Gasteiger partial charge < -0.3 is 13.6 Å². The van der Waals surface area contributed by atoms with Gasteiger partial charge in [0.15, 0.2) is 0 Å². The lowest BCUT2D eigenvalue weighted by Crippen LogP contribution is -2.39. The lowest BCUT2D eigenvalue weighted by atomic mass is 10.4. The quantitative estimate of drug-likeness (QED) is 0.221. The van der Waals surface area contributed by atoms with E-state index in [9.17, 15) is 4.79 Å². The highest BCUT2D eigenvalue weighted by molar-refractivity contribution is 6.66. The Kier molecular flexibility index (Phi) is 11.6. The smallest absolute Gasteiger partial charge is 0.335 e. The Morgan fingerprint density at radius 3 is 1.95 bits per heavy atom. The first-order chi connectivity index (χ1) is 9.95. The van der Waals surface area contributed by atoms with Gasteiger partial charge in [-0.3, -0.25) is 0 Å². The average molecular weight is 317 g/mol. The SMILES string of the molecule is C=C(C)C(=O)OCCC[Si](C)(OCCCC)OCCCC. The monoisotopic (exact) mass is 316 g/mol. The van der Waals surface area contributed by atoms with Gasteiger partial charge in [-0.2, -0.15) is 0 Å². The standard InChI is InChI=1S/C16H32O4Si/c1-6-8-12-19-21(5,20-13-9-7-2)14-10-11-18-16(17)15(3)4/h3,6-14H2,1-2,4-5H3. The van der Waals surface area contributed by atoms with Crippen molar-refractivity contribution in [2.24, 2.45) is 0 Å². The van der Waals surface area contributed by atoms with Crippen molar-refractivity contribution in [3.63, 3.8) is 0 Å². The van der Waals surface area contributed by atoms with Gasteiger partial charge in [0.05, 0.1) is 6.61 Å². The van der Waals surface area contributed by atoms with Crippen LogP contribution in [-0.4, -0.2) is 34.4 Å². The Hall–Kier alpha value is -0.653. The summed E-state index contributed by atoms with van der Waals surface area (Å²) in [6.45, 7) is 13.6. The summed E-state index contributed by atoms with van der Waals surface area (Å²) in [4.78, 5) is 11.3. The molecule has 0 saturated carbocycles. The molecular formula is C16H32O4Si. The van der Waals surface area contributed by atoms with Crippen LogP contribution in [0.2, 0.25) is 12.6 Å². The van der Waals surface area contributed by atoms with Crippen molar-refractivity contribution < 1.29 is 18.4 Å². The normalized spacial score (nSPS) is 11.4. The first-order valence-electron chi connectivity index (χ1n) is 8.05. The summed E-state index contributed by atoms with van der Waals surface area (Å²) in [6, 6.07) is 0.851. The Morgan fingerprint density at radius 2 is 1.52 bits per heavy atom. The summed E-state index contributed by atoms with van der Waals surface area (Å²) in [5.41, 5.74) is 0.438. The largest absolute Gasteiger partial charge is 0.462 e. The average Bonchev–Trinajstić information content (AvgIpc) is 2.44. The molecule has 0 amide bonds. The van der Waals surface area contributed by atoms with E-state index in [0.717, 1.165) is 51.4 Å². The molecule has 0 atom stereocenters. The van der Waals surface area contributed by atoms with Gasteiger partial charge in [-0.15, -0.1) is 0 Å². The summed E-state index contributed by atoms with van der Waals surface area (Å²) >= 11 is 0. The van der Waals surface area contributed by atoms with E-state index in [1.54, 1.807) is 6.92 Å². The molecule has 124 valence electrons. The Balaban J connectivity index is 4.12. The molecule has 0 rings (SSSR count). The number of rotatable bonds is 13. The maximum Gasteiger partial charge on any atom is 0.335 e. The molecule has 0 aliphatic rings. The Bertz CT molecular complexity index is 295. The number of ether oxygens (including phenoxy) is 1. The molecule has 0 saturated heterocycles. The minimum Gasteiger partial charge on any atom is -0.462 e. The summed E-state index contributed by atoms with van der Waals surface area (Å²) in [6.07, 6.45) is 5.14. The van der Waals surface area contributed by atoms with Crippen LogP contribution in [-0.2, 0) is 18.4 Å². The summed E-state index contributed by atoms with van der Waals surface area (Å²) in [5, 5.41) is 0. The van der Waals surface area contributed by atoms with Gasteiger partial charge in [0.2, 0.25) is 0 Å². The van der Waals surface area contributed by atoms with Gasteiger partial charge in [-0.05, 0) is 38.8 Å². The Labute approximate surface area is 131 Å². The van der Waals surface area contributed by atoms with Gasteiger partial charge >= 0.3 is 14.5 Å². The summed E-state index contributed by atoms with van der Waals surface area (Å²) < 4.78 is 17.2. The molecule has 0 aromatic carbocycles. The van der Waals surface area contributed by atoms with Crippen molar-refractivity contribution >= 4 is 14.5 Å². The third-order valence-corrected chi connectivity index (χ3v) is 6.06. The third-order valence-electron chi connectivity index (χ3n) is 3.17. The van der Waals surface area contributed by atoms with Crippen molar-refractivity contribution in [3.8, 4) is 0 Å². The maximum absolute atomic E-state index is 11.3. The van der Waals surface area contributed by atoms with Gasteiger partial charge in [0, 0.05) is 18.8 Å². The van der Waals surface area contributed by atoms with Crippen molar-refractivity contribution in [3.05, 3.63) is 12.2 Å². The fraction of sp³-hybridized carbons (Fsp3) is 0.812. The highest BCUT2D eigenvalue weighted by Gasteiger charge is 2.30. The second-order valence-electron chi connectivity index (χ2n) is 5.56. The molecule has 0 spiro atoms. The van der Waals surface area contributed by atoms with Crippen LogP contribution in [0, 0.1) is 0 Å². The van der Waals surface area contributed by atoms with Gasteiger partial charge in [-0.25, -0.2) is 4.79 Å². The molecule has 0 aliphatic heterocycles. The molecule has 0 unspecified atom stereocenters. The van der Waals surface area contributed by atoms with E-state index in [2.05, 4.69) is 27.0 Å². The third kappa shape index (κ3) is 10.7. The van der Waals surface area contributed by atoms with Crippen LogP contribution in [0.3, 0.4) is 0 Å². The highest BCUT2D eigenvalue weighted by atomic mass is 28.4. The number of carbonyl (C=O) groups excluding carboxylic acids is 1. The fourth-order valence-corrected chi connectivity index (χ4v) is 4.04. The second-order valence-corrected chi connectivity index (χ2v) is 8.90. The molecule has 5 heteroatoms. The summed E-state index contributed by atoms with van der Waals surface area (Å²) in [5.74, 6) is -0.322. The second kappa shape index (κ2) is 11.9. The zero-order valence-corrected chi connectivity index (χ0v) is 15.2. The van der Waals surface area contributed by atoms with E-state index in [-0.39, 0.29) is 5.97 Å². The molecular weight excluding hydrogens is 284 g/mol. The zero-order valence-electron chi connectivity index (χ0n) is 14.2. The van der Waals surface area contributed by atoms with Crippen LogP contribution in [0.15, 0.2) is 12.2 Å². The van der Waals surface area contributed by atoms with E-state index in [1.807, 2.05) is 0 Å². The topological polar surface area (TPSA) is 44.8 Å². The maximum atomic E-state index is 11.3. The molecule has 0 aromatic heterocycles. The molecule has 0 N–H and O–H groups in total.